The van der Waals surface area contributed by atoms with Gasteiger partial charge >= 0.3 is 0 Å². The highest BCUT2D eigenvalue weighted by molar-refractivity contribution is 7.85. The summed E-state index contributed by atoms with van der Waals surface area (Å²) < 4.78 is 28.7. The Labute approximate surface area is 61.2 Å². The van der Waals surface area contributed by atoms with Gasteiger partial charge in [-0.1, -0.05) is 12.8 Å². The van der Waals surface area contributed by atoms with Gasteiger partial charge in [0.1, 0.15) is 0 Å². The topological polar surface area (TPSA) is 54.4 Å². The number of hydrogen-bond donors (Lipinski definition) is 1. The van der Waals surface area contributed by atoms with E-state index in [0.29, 0.717) is 0 Å². The van der Waals surface area contributed by atoms with Gasteiger partial charge in [-0.05, 0) is 6.92 Å². The lowest BCUT2D eigenvalue weighted by molar-refractivity contribution is 0.478. The van der Waals surface area contributed by atoms with E-state index >= 15 is 0 Å². The molecule has 3 nitrogen and oxygen atoms in total. The van der Waals surface area contributed by atoms with E-state index in [4.69, 9.17) is 4.55 Å². The van der Waals surface area contributed by atoms with Crippen LogP contribution in [-0.4, -0.2) is 18.7 Å². The van der Waals surface area contributed by atoms with Crippen LogP contribution in [-0.2, 0) is 10.1 Å². The van der Waals surface area contributed by atoms with E-state index in [1.807, 2.05) is 0 Å². The van der Waals surface area contributed by atoms with Crippen molar-refractivity contribution in [2.75, 3.05) is 5.75 Å². The van der Waals surface area contributed by atoms with Crippen LogP contribution in [0.5, 0.6) is 0 Å². The summed E-state index contributed by atoms with van der Waals surface area (Å²) in [6.07, 6.45) is 0. The molecule has 0 saturated heterocycles. The molecule has 58 valence electrons. The van der Waals surface area contributed by atoms with Crippen LogP contribution in [0.1, 0.15) is 13.8 Å². The molecule has 4 heteroatoms. The van der Waals surface area contributed by atoms with Crippen LogP contribution in [0.2, 0.25) is 0 Å². The van der Waals surface area contributed by atoms with Crippen LogP contribution in [0.4, 0.5) is 0 Å². The van der Waals surface area contributed by atoms with Crippen molar-refractivity contribution in [3.05, 3.63) is 0 Å². The SMILES string of the molecule is CC#CC(C)CS(=O)(=O)O. The Morgan fingerprint density at radius 3 is 2.40 bits per heavy atom. The molecule has 0 aliphatic rings. The van der Waals surface area contributed by atoms with E-state index in [1.54, 1.807) is 13.8 Å². The molecule has 0 bridgehead atoms. The summed E-state index contributed by atoms with van der Waals surface area (Å²) in [5.74, 6) is 4.60. The molecular weight excluding hydrogens is 152 g/mol. The average molecular weight is 162 g/mol. The second-order valence-corrected chi connectivity index (χ2v) is 3.54. The normalized spacial score (nSPS) is 13.5. The van der Waals surface area contributed by atoms with Gasteiger partial charge in [0.05, 0.1) is 5.75 Å². The first-order valence-corrected chi connectivity index (χ1v) is 4.44. The molecule has 10 heavy (non-hydrogen) atoms. The molecule has 0 heterocycles. The van der Waals surface area contributed by atoms with Crippen molar-refractivity contribution < 1.29 is 13.0 Å². The summed E-state index contributed by atoms with van der Waals surface area (Å²) in [5, 5.41) is 0. The number of rotatable bonds is 2. The molecule has 0 radical (unpaired) electrons. The molecule has 0 aliphatic heterocycles. The van der Waals surface area contributed by atoms with Crippen molar-refractivity contribution >= 4 is 10.1 Å². The Morgan fingerprint density at radius 2 is 2.10 bits per heavy atom. The van der Waals surface area contributed by atoms with Gasteiger partial charge in [-0.2, -0.15) is 8.42 Å². The molecule has 1 N–H and O–H groups in total. The summed E-state index contributed by atoms with van der Waals surface area (Å²) in [4.78, 5) is 0. The first-order chi connectivity index (χ1) is 4.45. The first kappa shape index (κ1) is 9.47. The monoisotopic (exact) mass is 162 g/mol. The van der Waals surface area contributed by atoms with E-state index in [2.05, 4.69) is 11.8 Å². The third kappa shape index (κ3) is 5.60. The molecule has 0 aromatic rings. The molecule has 0 rings (SSSR count). The Kier molecular flexibility index (Phi) is 3.40. The molecule has 0 aliphatic carbocycles. The van der Waals surface area contributed by atoms with Gasteiger partial charge in [0.15, 0.2) is 0 Å². The minimum Gasteiger partial charge on any atom is -0.286 e. The highest BCUT2D eigenvalue weighted by Gasteiger charge is 2.08. The van der Waals surface area contributed by atoms with Crippen LogP contribution in [0, 0.1) is 17.8 Å². The van der Waals surface area contributed by atoms with E-state index in [0.717, 1.165) is 0 Å². The van der Waals surface area contributed by atoms with Crippen molar-refractivity contribution in [1.82, 2.24) is 0 Å². The molecule has 0 fully saturated rings. The second kappa shape index (κ2) is 3.59. The maximum atomic E-state index is 10.2. The summed E-state index contributed by atoms with van der Waals surface area (Å²) >= 11 is 0. The van der Waals surface area contributed by atoms with Crippen molar-refractivity contribution in [3.63, 3.8) is 0 Å². The van der Waals surface area contributed by atoms with Gasteiger partial charge in [0.25, 0.3) is 10.1 Å². The van der Waals surface area contributed by atoms with Crippen molar-refractivity contribution in [3.8, 4) is 11.8 Å². The zero-order valence-electron chi connectivity index (χ0n) is 5.96. The lowest BCUT2D eigenvalue weighted by Crippen LogP contribution is -2.10. The maximum absolute atomic E-state index is 10.2. The summed E-state index contributed by atoms with van der Waals surface area (Å²) in [6, 6.07) is 0. The molecular formula is C6H10O3S. The standard InChI is InChI=1S/C6H10O3S/c1-3-4-6(2)5-10(7,8)9/h6H,5H2,1-2H3,(H,7,8,9). The van der Waals surface area contributed by atoms with E-state index in [1.165, 1.54) is 0 Å². The average Bonchev–Trinajstić information content (AvgIpc) is 1.59. The third-order valence-electron chi connectivity index (χ3n) is 0.851. The molecule has 0 spiro atoms. The van der Waals surface area contributed by atoms with Crippen LogP contribution in [0.15, 0.2) is 0 Å². The van der Waals surface area contributed by atoms with Gasteiger partial charge in [0, 0.05) is 5.92 Å². The van der Waals surface area contributed by atoms with Crippen LogP contribution in [0.25, 0.3) is 0 Å². The minimum absolute atomic E-state index is 0.284. The second-order valence-electron chi connectivity index (χ2n) is 2.04. The molecule has 0 aromatic carbocycles. The molecule has 0 saturated carbocycles. The Balaban J connectivity index is 4.01. The molecule has 1 atom stereocenters. The van der Waals surface area contributed by atoms with Crippen LogP contribution >= 0.6 is 0 Å². The quantitative estimate of drug-likeness (QED) is 0.476. The summed E-state index contributed by atoms with van der Waals surface area (Å²) in [6.45, 7) is 3.27. The van der Waals surface area contributed by atoms with Crippen LogP contribution < -0.4 is 0 Å². The number of hydrogen-bond acceptors (Lipinski definition) is 2. The minimum atomic E-state index is -3.85. The van der Waals surface area contributed by atoms with E-state index in [-0.39, 0.29) is 11.7 Å². The van der Waals surface area contributed by atoms with Gasteiger partial charge in [-0.25, -0.2) is 0 Å². The third-order valence-corrected chi connectivity index (χ3v) is 1.77. The lowest BCUT2D eigenvalue weighted by atomic mass is 10.2. The van der Waals surface area contributed by atoms with Gasteiger partial charge in [-0.15, -0.1) is 5.92 Å². The summed E-state index contributed by atoms with van der Waals surface area (Å²) in [7, 11) is -3.85. The van der Waals surface area contributed by atoms with E-state index < -0.39 is 10.1 Å². The zero-order chi connectivity index (χ0) is 8.20. The fourth-order valence-electron chi connectivity index (χ4n) is 0.604. The highest BCUT2D eigenvalue weighted by Crippen LogP contribution is 1.96. The molecule has 0 amide bonds. The highest BCUT2D eigenvalue weighted by atomic mass is 32.2. The van der Waals surface area contributed by atoms with Crippen molar-refractivity contribution in [2.24, 2.45) is 5.92 Å². The first-order valence-electron chi connectivity index (χ1n) is 2.83. The van der Waals surface area contributed by atoms with E-state index in [9.17, 15) is 8.42 Å². The Morgan fingerprint density at radius 1 is 1.60 bits per heavy atom. The zero-order valence-corrected chi connectivity index (χ0v) is 6.77. The lowest BCUT2D eigenvalue weighted by Gasteiger charge is -1.97. The summed E-state index contributed by atoms with van der Waals surface area (Å²) in [5.41, 5.74) is 0. The molecule has 1 unspecified atom stereocenters. The van der Waals surface area contributed by atoms with Crippen LogP contribution in [0.3, 0.4) is 0 Å². The predicted molar refractivity (Wildman–Crippen MR) is 39.0 cm³/mol. The largest absolute Gasteiger partial charge is 0.286 e. The predicted octanol–water partition coefficient (Wildman–Crippen LogP) is 0.534. The van der Waals surface area contributed by atoms with Crippen molar-refractivity contribution in [1.29, 1.82) is 0 Å². The fraction of sp³-hybridized carbons (Fsp3) is 0.667. The van der Waals surface area contributed by atoms with Gasteiger partial charge < -0.3 is 0 Å². The van der Waals surface area contributed by atoms with Gasteiger partial charge in [0.2, 0.25) is 0 Å². The smallest absolute Gasteiger partial charge is 0.266 e. The van der Waals surface area contributed by atoms with Crippen molar-refractivity contribution in [2.45, 2.75) is 13.8 Å². The Hall–Kier alpha value is -0.530. The maximum Gasteiger partial charge on any atom is 0.266 e. The Bertz CT molecular complexity index is 242. The van der Waals surface area contributed by atoms with Gasteiger partial charge in [-0.3, -0.25) is 4.55 Å². The fourth-order valence-corrected chi connectivity index (χ4v) is 1.32. The molecule has 0 aromatic heterocycles.